The number of nitriles is 1. The highest BCUT2D eigenvalue weighted by molar-refractivity contribution is 5.83. The molecule has 0 bridgehead atoms. The van der Waals surface area contributed by atoms with Crippen LogP contribution in [0.1, 0.15) is 25.8 Å². The first-order valence-electron chi connectivity index (χ1n) is 6.75. The Balaban J connectivity index is 2.14. The zero-order valence-corrected chi connectivity index (χ0v) is 11.3. The molecule has 3 rings (SSSR count). The molecule has 1 aromatic carbocycles. The van der Waals surface area contributed by atoms with Gasteiger partial charge in [-0.1, -0.05) is 25.1 Å². The summed E-state index contributed by atoms with van der Waals surface area (Å²) in [5.41, 5.74) is 1.64. The first kappa shape index (κ1) is 12.0. The van der Waals surface area contributed by atoms with E-state index in [1.807, 2.05) is 30.3 Å². The van der Waals surface area contributed by atoms with E-state index in [-0.39, 0.29) is 0 Å². The lowest BCUT2D eigenvalue weighted by molar-refractivity contribution is 0.625. The predicted octanol–water partition coefficient (Wildman–Crippen LogP) is 3.34. The van der Waals surface area contributed by atoms with Crippen LogP contribution in [0.15, 0.2) is 30.3 Å². The van der Waals surface area contributed by atoms with Crippen molar-refractivity contribution in [3.8, 4) is 6.07 Å². The van der Waals surface area contributed by atoms with Gasteiger partial charge in [0.15, 0.2) is 0 Å². The molecule has 0 N–H and O–H groups in total. The van der Waals surface area contributed by atoms with Gasteiger partial charge in [-0.15, -0.1) is 0 Å². The van der Waals surface area contributed by atoms with Gasteiger partial charge in [0, 0.05) is 18.0 Å². The van der Waals surface area contributed by atoms with E-state index in [1.54, 1.807) is 0 Å². The van der Waals surface area contributed by atoms with E-state index in [4.69, 9.17) is 4.98 Å². The molecule has 96 valence electrons. The molecule has 1 saturated heterocycles. The quantitative estimate of drug-likeness (QED) is 0.780. The molecule has 2 atom stereocenters. The van der Waals surface area contributed by atoms with Gasteiger partial charge in [0.1, 0.15) is 11.9 Å². The maximum absolute atomic E-state index is 9.37. The number of aromatic nitrogens is 1. The summed E-state index contributed by atoms with van der Waals surface area (Å²) in [6.07, 6.45) is 1.17. The second-order valence-electron chi connectivity index (χ2n) is 5.51. The Morgan fingerprint density at radius 2 is 2.11 bits per heavy atom. The van der Waals surface area contributed by atoms with Crippen molar-refractivity contribution in [1.29, 1.82) is 5.26 Å². The van der Waals surface area contributed by atoms with Gasteiger partial charge in [0.2, 0.25) is 0 Å². The van der Waals surface area contributed by atoms with Gasteiger partial charge in [0.25, 0.3) is 0 Å². The third kappa shape index (κ3) is 2.04. The van der Waals surface area contributed by atoms with Crippen LogP contribution in [0.25, 0.3) is 10.9 Å². The lowest BCUT2D eigenvalue weighted by atomic mass is 10.1. The van der Waals surface area contributed by atoms with E-state index in [2.05, 4.69) is 24.8 Å². The monoisotopic (exact) mass is 251 g/mol. The lowest BCUT2D eigenvalue weighted by Gasteiger charge is -2.24. The lowest BCUT2D eigenvalue weighted by Crippen LogP contribution is -2.28. The predicted molar refractivity (Wildman–Crippen MR) is 77.0 cm³/mol. The van der Waals surface area contributed by atoms with E-state index < -0.39 is 0 Å². The van der Waals surface area contributed by atoms with Crippen LogP contribution in [0.3, 0.4) is 0 Å². The Labute approximate surface area is 113 Å². The van der Waals surface area contributed by atoms with Gasteiger partial charge >= 0.3 is 0 Å². The SMILES string of the molecule is CC1CC(C)N(c2nc3ccccc3cc2C#N)C1. The van der Waals surface area contributed by atoms with Gasteiger partial charge in [-0.05, 0) is 31.4 Å². The zero-order valence-electron chi connectivity index (χ0n) is 11.3. The summed E-state index contributed by atoms with van der Waals surface area (Å²) < 4.78 is 0. The number of para-hydroxylation sites is 1. The molecule has 2 heterocycles. The smallest absolute Gasteiger partial charge is 0.147 e. The topological polar surface area (TPSA) is 39.9 Å². The maximum Gasteiger partial charge on any atom is 0.147 e. The largest absolute Gasteiger partial charge is 0.353 e. The van der Waals surface area contributed by atoms with E-state index in [9.17, 15) is 5.26 Å². The Bertz CT molecular complexity index is 657. The van der Waals surface area contributed by atoms with Crippen molar-refractivity contribution >= 4 is 16.7 Å². The first-order chi connectivity index (χ1) is 9.19. The summed E-state index contributed by atoms with van der Waals surface area (Å²) in [7, 11) is 0. The Kier molecular flexibility index (Phi) is 2.87. The summed E-state index contributed by atoms with van der Waals surface area (Å²) >= 11 is 0. The van der Waals surface area contributed by atoms with Crippen molar-refractivity contribution in [2.24, 2.45) is 5.92 Å². The van der Waals surface area contributed by atoms with Gasteiger partial charge in [-0.25, -0.2) is 4.98 Å². The molecular weight excluding hydrogens is 234 g/mol. The van der Waals surface area contributed by atoms with Crippen molar-refractivity contribution in [1.82, 2.24) is 4.98 Å². The number of fused-ring (bicyclic) bond motifs is 1. The van der Waals surface area contributed by atoms with Gasteiger partial charge < -0.3 is 4.90 Å². The van der Waals surface area contributed by atoms with Crippen molar-refractivity contribution in [2.45, 2.75) is 26.3 Å². The van der Waals surface area contributed by atoms with Gasteiger partial charge in [-0.2, -0.15) is 5.26 Å². The molecule has 2 unspecified atom stereocenters. The second-order valence-corrected chi connectivity index (χ2v) is 5.51. The van der Waals surface area contributed by atoms with Crippen LogP contribution in [0.2, 0.25) is 0 Å². The second kappa shape index (κ2) is 4.55. The van der Waals surface area contributed by atoms with Crippen LogP contribution in [0.5, 0.6) is 0 Å². The Hall–Kier alpha value is -2.08. The van der Waals surface area contributed by atoms with Crippen molar-refractivity contribution < 1.29 is 0 Å². The van der Waals surface area contributed by atoms with Crippen LogP contribution >= 0.6 is 0 Å². The first-order valence-corrected chi connectivity index (χ1v) is 6.75. The fourth-order valence-corrected chi connectivity index (χ4v) is 3.00. The Morgan fingerprint density at radius 1 is 1.32 bits per heavy atom. The summed E-state index contributed by atoms with van der Waals surface area (Å²) in [6.45, 7) is 5.45. The summed E-state index contributed by atoms with van der Waals surface area (Å²) in [6, 6.07) is 12.7. The van der Waals surface area contributed by atoms with E-state index in [0.717, 1.165) is 23.3 Å². The van der Waals surface area contributed by atoms with Crippen molar-refractivity contribution in [3.05, 3.63) is 35.9 Å². The number of nitrogens with zero attached hydrogens (tertiary/aromatic N) is 3. The molecule has 2 aromatic rings. The van der Waals surface area contributed by atoms with Crippen LogP contribution in [0, 0.1) is 17.2 Å². The third-order valence-corrected chi connectivity index (χ3v) is 3.88. The highest BCUT2D eigenvalue weighted by atomic mass is 15.2. The minimum absolute atomic E-state index is 0.454. The average molecular weight is 251 g/mol. The molecule has 0 radical (unpaired) electrons. The molecule has 0 spiro atoms. The normalized spacial score (nSPS) is 22.7. The average Bonchev–Trinajstić information content (AvgIpc) is 2.76. The fourth-order valence-electron chi connectivity index (χ4n) is 3.00. The molecule has 3 heteroatoms. The van der Waals surface area contributed by atoms with Gasteiger partial charge in [-0.3, -0.25) is 0 Å². The molecular formula is C16H17N3. The molecule has 1 fully saturated rings. The maximum atomic E-state index is 9.37. The molecule has 1 aliphatic rings. The summed E-state index contributed by atoms with van der Waals surface area (Å²) in [5, 5.41) is 10.4. The number of hydrogen-bond donors (Lipinski definition) is 0. The standard InChI is InChI=1S/C16H17N3/c1-11-7-12(2)19(10-11)16-14(9-17)8-13-5-3-4-6-15(13)18-16/h3-6,8,11-12H,7,10H2,1-2H3. The number of pyridine rings is 1. The van der Waals surface area contributed by atoms with Crippen LogP contribution in [-0.2, 0) is 0 Å². The molecule has 19 heavy (non-hydrogen) atoms. The highest BCUT2D eigenvalue weighted by Crippen LogP contribution is 2.31. The minimum Gasteiger partial charge on any atom is -0.353 e. The molecule has 3 nitrogen and oxygen atoms in total. The van der Waals surface area contributed by atoms with Crippen LogP contribution < -0.4 is 4.90 Å². The Morgan fingerprint density at radius 3 is 2.79 bits per heavy atom. The molecule has 1 aliphatic heterocycles. The van der Waals surface area contributed by atoms with Gasteiger partial charge in [0.05, 0.1) is 11.1 Å². The number of benzene rings is 1. The minimum atomic E-state index is 0.454. The highest BCUT2D eigenvalue weighted by Gasteiger charge is 2.28. The van der Waals surface area contributed by atoms with Crippen molar-refractivity contribution in [2.75, 3.05) is 11.4 Å². The molecule has 0 saturated carbocycles. The van der Waals surface area contributed by atoms with Crippen LogP contribution in [0.4, 0.5) is 5.82 Å². The fraction of sp³-hybridized carbons (Fsp3) is 0.375. The summed E-state index contributed by atoms with van der Waals surface area (Å²) in [5.74, 6) is 1.51. The van der Waals surface area contributed by atoms with E-state index in [0.29, 0.717) is 17.5 Å². The number of rotatable bonds is 1. The van der Waals surface area contributed by atoms with Crippen LogP contribution in [-0.4, -0.2) is 17.6 Å². The number of anilines is 1. The zero-order chi connectivity index (χ0) is 13.4. The van der Waals surface area contributed by atoms with E-state index in [1.165, 1.54) is 6.42 Å². The molecule has 0 amide bonds. The number of hydrogen-bond acceptors (Lipinski definition) is 3. The third-order valence-electron chi connectivity index (χ3n) is 3.88. The van der Waals surface area contributed by atoms with Crippen molar-refractivity contribution in [3.63, 3.8) is 0 Å². The summed E-state index contributed by atoms with van der Waals surface area (Å²) in [4.78, 5) is 6.99. The van der Waals surface area contributed by atoms with E-state index >= 15 is 0 Å². The molecule has 1 aromatic heterocycles. The molecule has 0 aliphatic carbocycles.